The molecule has 2 aromatic carbocycles. The van der Waals surface area contributed by atoms with Gasteiger partial charge in [-0.3, -0.25) is 0 Å². The molecule has 0 N–H and O–H groups in total. The highest BCUT2D eigenvalue weighted by Gasteiger charge is 1.97. The van der Waals surface area contributed by atoms with Crippen LogP contribution in [0, 0.1) is 0 Å². The van der Waals surface area contributed by atoms with Crippen molar-refractivity contribution in [2.24, 2.45) is 0 Å². The van der Waals surface area contributed by atoms with Crippen molar-refractivity contribution in [1.29, 1.82) is 0 Å². The molecular formula is C16H16. The van der Waals surface area contributed by atoms with Crippen molar-refractivity contribution < 1.29 is 0 Å². The molecule has 0 saturated carbocycles. The molecule has 0 unspecified atom stereocenters. The van der Waals surface area contributed by atoms with Crippen molar-refractivity contribution in [3.8, 4) is 0 Å². The van der Waals surface area contributed by atoms with Crippen LogP contribution in [0.5, 0.6) is 0 Å². The predicted molar refractivity (Wildman–Crippen MR) is 72.4 cm³/mol. The lowest BCUT2D eigenvalue weighted by atomic mass is 10.0. The van der Waals surface area contributed by atoms with Crippen molar-refractivity contribution in [3.63, 3.8) is 0 Å². The molecule has 0 bridgehead atoms. The summed E-state index contributed by atoms with van der Waals surface area (Å²) in [5.41, 5.74) is 3.62. The SMILES string of the molecule is C=C(C)/C=C(\C)c1ccc2ccccc2c1. The molecule has 0 nitrogen and oxygen atoms in total. The minimum atomic E-state index is 1.09. The highest BCUT2D eigenvalue weighted by molar-refractivity contribution is 5.86. The van der Waals surface area contributed by atoms with E-state index < -0.39 is 0 Å². The van der Waals surface area contributed by atoms with E-state index in [0.717, 1.165) is 5.57 Å². The van der Waals surface area contributed by atoms with Crippen LogP contribution < -0.4 is 0 Å². The monoisotopic (exact) mass is 208 g/mol. The van der Waals surface area contributed by atoms with Gasteiger partial charge in [-0.25, -0.2) is 0 Å². The first kappa shape index (κ1) is 10.7. The molecule has 0 amide bonds. The fraction of sp³-hybridized carbons (Fsp3) is 0.125. The van der Waals surface area contributed by atoms with Crippen LogP contribution in [0.3, 0.4) is 0 Å². The van der Waals surface area contributed by atoms with Crippen LogP contribution in [0.2, 0.25) is 0 Å². The van der Waals surface area contributed by atoms with Gasteiger partial charge >= 0.3 is 0 Å². The topological polar surface area (TPSA) is 0 Å². The Kier molecular flexibility index (Phi) is 2.91. The lowest BCUT2D eigenvalue weighted by molar-refractivity contribution is 1.52. The second-order valence-corrected chi connectivity index (χ2v) is 4.24. The summed E-state index contributed by atoms with van der Waals surface area (Å²) in [6, 6.07) is 15.0. The molecular weight excluding hydrogens is 192 g/mol. The summed E-state index contributed by atoms with van der Waals surface area (Å²) in [4.78, 5) is 0. The minimum Gasteiger partial charge on any atom is -0.0961 e. The van der Waals surface area contributed by atoms with Gasteiger partial charge in [-0.1, -0.05) is 54.6 Å². The first-order valence-corrected chi connectivity index (χ1v) is 5.50. The summed E-state index contributed by atoms with van der Waals surface area (Å²) in [5, 5.41) is 2.57. The Morgan fingerprint density at radius 1 is 1.00 bits per heavy atom. The third-order valence-corrected chi connectivity index (χ3v) is 2.67. The summed E-state index contributed by atoms with van der Waals surface area (Å²) in [6.45, 7) is 8.05. The van der Waals surface area contributed by atoms with Crippen LogP contribution in [0.1, 0.15) is 19.4 Å². The Balaban J connectivity index is 2.51. The maximum Gasteiger partial charge on any atom is -0.0178 e. The van der Waals surface area contributed by atoms with E-state index in [2.05, 4.69) is 62.0 Å². The van der Waals surface area contributed by atoms with E-state index in [1.807, 2.05) is 6.92 Å². The quantitative estimate of drug-likeness (QED) is 0.621. The maximum absolute atomic E-state index is 3.91. The zero-order valence-electron chi connectivity index (χ0n) is 9.83. The number of fused-ring (bicyclic) bond motifs is 1. The Hall–Kier alpha value is -1.82. The van der Waals surface area contributed by atoms with Crippen molar-refractivity contribution in [2.45, 2.75) is 13.8 Å². The number of benzene rings is 2. The Morgan fingerprint density at radius 3 is 2.38 bits per heavy atom. The second-order valence-electron chi connectivity index (χ2n) is 4.24. The number of rotatable bonds is 2. The lowest BCUT2D eigenvalue weighted by Gasteiger charge is -2.04. The van der Waals surface area contributed by atoms with E-state index in [9.17, 15) is 0 Å². The molecule has 0 heteroatoms. The van der Waals surface area contributed by atoms with E-state index in [4.69, 9.17) is 0 Å². The number of hydrogen-bond acceptors (Lipinski definition) is 0. The normalized spacial score (nSPS) is 11.8. The van der Waals surface area contributed by atoms with Gasteiger partial charge in [0.1, 0.15) is 0 Å². The predicted octanol–water partition coefficient (Wildman–Crippen LogP) is 4.82. The van der Waals surface area contributed by atoms with E-state index in [1.165, 1.54) is 21.9 Å². The molecule has 0 aliphatic rings. The molecule has 0 aliphatic carbocycles. The zero-order valence-corrected chi connectivity index (χ0v) is 9.83. The molecule has 0 aliphatic heterocycles. The zero-order chi connectivity index (χ0) is 11.5. The number of allylic oxidation sites excluding steroid dienone is 3. The molecule has 0 fully saturated rings. The fourth-order valence-electron chi connectivity index (χ4n) is 1.89. The Morgan fingerprint density at radius 2 is 1.69 bits per heavy atom. The summed E-state index contributed by atoms with van der Waals surface area (Å²) in [7, 11) is 0. The van der Waals surface area contributed by atoms with Gasteiger partial charge < -0.3 is 0 Å². The summed E-state index contributed by atoms with van der Waals surface area (Å²) in [5.74, 6) is 0. The van der Waals surface area contributed by atoms with Crippen molar-refractivity contribution in [1.82, 2.24) is 0 Å². The largest absolute Gasteiger partial charge is 0.0961 e. The third kappa shape index (κ3) is 2.22. The molecule has 0 atom stereocenters. The van der Waals surface area contributed by atoms with E-state index in [0.29, 0.717) is 0 Å². The standard InChI is InChI=1S/C16H16/c1-12(2)10-13(3)15-9-8-14-6-4-5-7-16(14)11-15/h4-11H,1H2,2-3H3/b13-10+. The second kappa shape index (κ2) is 4.36. The molecule has 0 heterocycles. The van der Waals surface area contributed by atoms with Gasteiger partial charge in [-0.2, -0.15) is 0 Å². The Labute approximate surface area is 96.9 Å². The molecule has 0 aromatic heterocycles. The summed E-state index contributed by atoms with van der Waals surface area (Å²) >= 11 is 0. The smallest absolute Gasteiger partial charge is 0.0178 e. The van der Waals surface area contributed by atoms with Gasteiger partial charge in [-0.05, 0) is 41.8 Å². The van der Waals surface area contributed by atoms with Gasteiger partial charge in [0.15, 0.2) is 0 Å². The minimum absolute atomic E-state index is 1.09. The first-order valence-electron chi connectivity index (χ1n) is 5.50. The maximum atomic E-state index is 3.91. The van der Waals surface area contributed by atoms with Crippen LogP contribution >= 0.6 is 0 Å². The number of hydrogen-bond donors (Lipinski definition) is 0. The van der Waals surface area contributed by atoms with Gasteiger partial charge in [-0.15, -0.1) is 0 Å². The van der Waals surface area contributed by atoms with Crippen LogP contribution in [-0.4, -0.2) is 0 Å². The average molecular weight is 208 g/mol. The third-order valence-electron chi connectivity index (χ3n) is 2.67. The van der Waals surface area contributed by atoms with E-state index in [1.54, 1.807) is 0 Å². The van der Waals surface area contributed by atoms with Crippen molar-refractivity contribution >= 4 is 16.3 Å². The highest BCUT2D eigenvalue weighted by Crippen LogP contribution is 2.21. The molecule has 0 spiro atoms. The average Bonchev–Trinajstić information content (AvgIpc) is 2.27. The molecule has 0 radical (unpaired) electrons. The van der Waals surface area contributed by atoms with E-state index in [-0.39, 0.29) is 0 Å². The van der Waals surface area contributed by atoms with Gasteiger partial charge in [0.05, 0.1) is 0 Å². The van der Waals surface area contributed by atoms with Gasteiger partial charge in [0, 0.05) is 0 Å². The van der Waals surface area contributed by atoms with Crippen molar-refractivity contribution in [2.75, 3.05) is 0 Å². The Bertz CT molecular complexity index is 559. The van der Waals surface area contributed by atoms with Crippen LogP contribution in [-0.2, 0) is 0 Å². The lowest BCUT2D eigenvalue weighted by Crippen LogP contribution is -1.81. The van der Waals surface area contributed by atoms with Gasteiger partial charge in [0.25, 0.3) is 0 Å². The fourth-order valence-corrected chi connectivity index (χ4v) is 1.89. The molecule has 2 aromatic rings. The first-order chi connectivity index (χ1) is 7.66. The van der Waals surface area contributed by atoms with Crippen LogP contribution in [0.25, 0.3) is 16.3 Å². The molecule has 2 rings (SSSR count). The molecule has 16 heavy (non-hydrogen) atoms. The van der Waals surface area contributed by atoms with Crippen LogP contribution in [0.15, 0.2) is 60.7 Å². The molecule has 0 saturated heterocycles. The van der Waals surface area contributed by atoms with E-state index >= 15 is 0 Å². The highest BCUT2D eigenvalue weighted by atomic mass is 14.0. The van der Waals surface area contributed by atoms with Crippen LogP contribution in [0.4, 0.5) is 0 Å². The summed E-state index contributed by atoms with van der Waals surface area (Å²) in [6.07, 6.45) is 2.12. The summed E-state index contributed by atoms with van der Waals surface area (Å²) < 4.78 is 0. The molecule has 80 valence electrons. The van der Waals surface area contributed by atoms with Crippen molar-refractivity contribution in [3.05, 3.63) is 66.3 Å². The van der Waals surface area contributed by atoms with Gasteiger partial charge in [0.2, 0.25) is 0 Å².